The molecule has 0 aromatic heterocycles. The number of benzene rings is 2. The van der Waals surface area contributed by atoms with Crippen molar-refractivity contribution in [3.05, 3.63) is 65.2 Å². The number of hydrogen-bond donors (Lipinski definition) is 1. The summed E-state index contributed by atoms with van der Waals surface area (Å²) in [5.74, 6) is 0. The van der Waals surface area contributed by atoms with Crippen molar-refractivity contribution in [2.24, 2.45) is 5.16 Å². The summed E-state index contributed by atoms with van der Waals surface area (Å²) in [5, 5.41) is 9.27. The van der Waals surface area contributed by atoms with Crippen molar-refractivity contribution < 1.29 is 14.5 Å². The molecule has 2 aromatic rings. The number of amides is 1. The number of hydroxylamine groups is 2. The predicted molar refractivity (Wildman–Crippen MR) is 104 cm³/mol. The Morgan fingerprint density at radius 2 is 1.81 bits per heavy atom. The second kappa shape index (κ2) is 7.58. The average molecular weight is 386 g/mol. The lowest BCUT2D eigenvalue weighted by atomic mass is 9.86. The molecule has 27 heavy (non-hydrogen) atoms. The number of hydrogen-bond acceptors (Lipinski definition) is 5. The summed E-state index contributed by atoms with van der Waals surface area (Å²) in [6.07, 6.45) is 1.77. The first-order valence-electron chi connectivity index (χ1n) is 8.92. The minimum absolute atomic E-state index is 0.294. The Labute approximate surface area is 162 Å². The molecule has 4 rings (SSSR count). The van der Waals surface area contributed by atoms with Crippen LogP contribution in [0.5, 0.6) is 0 Å². The standard InChI is InChI=1S/C20H20ClN3O3/c21-16-6-8-17(9-7-16)22-19(25)26-24-12-10-20(11-13-24)14-18(23-27-20)15-4-2-1-3-5-15/h1-9H,10-14H2,(H,22,25). The first-order chi connectivity index (χ1) is 13.1. The van der Waals surface area contributed by atoms with Crippen LogP contribution in [0.25, 0.3) is 0 Å². The van der Waals surface area contributed by atoms with Crippen LogP contribution in [-0.2, 0) is 9.68 Å². The van der Waals surface area contributed by atoms with E-state index < -0.39 is 6.09 Å². The Hall–Kier alpha value is -2.57. The summed E-state index contributed by atoms with van der Waals surface area (Å²) in [6.45, 7) is 1.21. The van der Waals surface area contributed by atoms with E-state index >= 15 is 0 Å². The zero-order valence-corrected chi connectivity index (χ0v) is 15.5. The van der Waals surface area contributed by atoms with Gasteiger partial charge in [-0.15, -0.1) is 5.06 Å². The van der Waals surface area contributed by atoms with Crippen molar-refractivity contribution in [3.8, 4) is 0 Å². The van der Waals surface area contributed by atoms with Gasteiger partial charge in [-0.2, -0.15) is 0 Å². The number of carbonyl (C=O) groups excluding carboxylic acids is 1. The summed E-state index contributed by atoms with van der Waals surface area (Å²) >= 11 is 5.84. The van der Waals surface area contributed by atoms with Crippen molar-refractivity contribution in [1.82, 2.24) is 5.06 Å². The molecule has 140 valence electrons. The van der Waals surface area contributed by atoms with Crippen LogP contribution in [0.15, 0.2) is 59.8 Å². The van der Waals surface area contributed by atoms with Crippen molar-refractivity contribution in [2.75, 3.05) is 18.4 Å². The normalized spacial score (nSPS) is 18.6. The van der Waals surface area contributed by atoms with E-state index in [0.717, 1.165) is 30.5 Å². The number of oxime groups is 1. The highest BCUT2D eigenvalue weighted by Crippen LogP contribution is 2.36. The maximum Gasteiger partial charge on any atom is 0.430 e. The van der Waals surface area contributed by atoms with Gasteiger partial charge in [0.05, 0.1) is 5.71 Å². The number of nitrogens with zero attached hydrogens (tertiary/aromatic N) is 2. The van der Waals surface area contributed by atoms with E-state index in [9.17, 15) is 4.79 Å². The molecule has 6 nitrogen and oxygen atoms in total. The van der Waals surface area contributed by atoms with E-state index in [1.54, 1.807) is 29.3 Å². The lowest BCUT2D eigenvalue weighted by Gasteiger charge is -2.35. The van der Waals surface area contributed by atoms with Gasteiger partial charge in [0.2, 0.25) is 0 Å². The Morgan fingerprint density at radius 3 is 2.52 bits per heavy atom. The molecule has 7 heteroatoms. The van der Waals surface area contributed by atoms with E-state index in [1.165, 1.54) is 0 Å². The van der Waals surface area contributed by atoms with Gasteiger partial charge in [-0.05, 0) is 29.8 Å². The number of anilines is 1. The molecule has 2 aromatic carbocycles. The Kier molecular flexibility index (Phi) is 5.01. The van der Waals surface area contributed by atoms with E-state index in [-0.39, 0.29) is 5.60 Å². The summed E-state index contributed by atoms with van der Waals surface area (Å²) in [6, 6.07) is 16.9. The van der Waals surface area contributed by atoms with Gasteiger partial charge in [0.25, 0.3) is 0 Å². The number of nitrogens with one attached hydrogen (secondary N) is 1. The zero-order valence-electron chi connectivity index (χ0n) is 14.7. The maximum absolute atomic E-state index is 12.1. The molecule has 0 saturated carbocycles. The molecule has 0 bridgehead atoms. The van der Waals surface area contributed by atoms with Crippen molar-refractivity contribution >= 4 is 29.1 Å². The molecule has 2 aliphatic heterocycles. The second-order valence-electron chi connectivity index (χ2n) is 6.79. The largest absolute Gasteiger partial charge is 0.430 e. The molecule has 1 saturated heterocycles. The quantitative estimate of drug-likeness (QED) is 0.847. The molecule has 1 N–H and O–H groups in total. The zero-order chi connectivity index (χ0) is 18.7. The van der Waals surface area contributed by atoms with Gasteiger partial charge in [0.1, 0.15) is 5.60 Å². The molecular weight excluding hydrogens is 366 g/mol. The highest BCUT2D eigenvalue weighted by Gasteiger charge is 2.43. The van der Waals surface area contributed by atoms with Gasteiger partial charge in [-0.1, -0.05) is 47.1 Å². The fourth-order valence-corrected chi connectivity index (χ4v) is 3.48. The molecular formula is C20H20ClN3O3. The molecule has 0 atom stereocenters. The van der Waals surface area contributed by atoms with E-state index in [1.807, 2.05) is 30.3 Å². The van der Waals surface area contributed by atoms with Crippen molar-refractivity contribution in [3.63, 3.8) is 0 Å². The summed E-state index contributed by atoms with van der Waals surface area (Å²) in [4.78, 5) is 23.3. The van der Waals surface area contributed by atoms with Gasteiger partial charge in [0, 0.05) is 43.1 Å². The van der Waals surface area contributed by atoms with Crippen LogP contribution in [0.2, 0.25) is 5.02 Å². The van der Waals surface area contributed by atoms with Crippen LogP contribution in [0.1, 0.15) is 24.8 Å². The highest BCUT2D eigenvalue weighted by atomic mass is 35.5. The molecule has 1 spiro atoms. The van der Waals surface area contributed by atoms with Crippen LogP contribution in [0.3, 0.4) is 0 Å². The first-order valence-corrected chi connectivity index (χ1v) is 9.30. The highest BCUT2D eigenvalue weighted by molar-refractivity contribution is 6.30. The van der Waals surface area contributed by atoms with Gasteiger partial charge < -0.3 is 9.68 Å². The van der Waals surface area contributed by atoms with Crippen LogP contribution in [0.4, 0.5) is 10.5 Å². The fraction of sp³-hybridized carbons (Fsp3) is 0.300. The van der Waals surface area contributed by atoms with Crippen molar-refractivity contribution in [2.45, 2.75) is 24.9 Å². The third-order valence-electron chi connectivity index (χ3n) is 4.88. The lowest BCUT2D eigenvalue weighted by molar-refractivity contribution is -0.154. The molecule has 0 radical (unpaired) electrons. The summed E-state index contributed by atoms with van der Waals surface area (Å²) in [7, 11) is 0. The Bertz CT molecular complexity index is 831. The van der Waals surface area contributed by atoms with Crippen LogP contribution < -0.4 is 5.32 Å². The number of piperidine rings is 1. The topological polar surface area (TPSA) is 63.2 Å². The maximum atomic E-state index is 12.1. The first kappa shape index (κ1) is 17.8. The van der Waals surface area contributed by atoms with Crippen LogP contribution >= 0.6 is 11.6 Å². The predicted octanol–water partition coefficient (Wildman–Crippen LogP) is 4.46. The third-order valence-corrected chi connectivity index (χ3v) is 5.13. The van der Waals surface area contributed by atoms with Crippen LogP contribution in [0, 0.1) is 0 Å². The van der Waals surface area contributed by atoms with Gasteiger partial charge in [-0.25, -0.2) is 4.79 Å². The number of carbonyl (C=O) groups is 1. The number of rotatable bonds is 3. The molecule has 0 aliphatic carbocycles. The smallest absolute Gasteiger partial charge is 0.388 e. The fourth-order valence-electron chi connectivity index (χ4n) is 3.35. The average Bonchev–Trinajstić information content (AvgIpc) is 3.10. The van der Waals surface area contributed by atoms with Gasteiger partial charge in [0.15, 0.2) is 0 Å². The molecule has 2 aliphatic rings. The Balaban J connectivity index is 1.27. The molecule has 0 unspecified atom stereocenters. The summed E-state index contributed by atoms with van der Waals surface area (Å²) in [5.41, 5.74) is 2.41. The van der Waals surface area contributed by atoms with E-state index in [0.29, 0.717) is 23.8 Å². The van der Waals surface area contributed by atoms with Crippen LogP contribution in [-0.4, -0.2) is 35.6 Å². The van der Waals surface area contributed by atoms with Crippen molar-refractivity contribution in [1.29, 1.82) is 0 Å². The monoisotopic (exact) mass is 385 g/mol. The lowest BCUT2D eigenvalue weighted by Crippen LogP contribution is -2.45. The van der Waals surface area contributed by atoms with Gasteiger partial charge >= 0.3 is 6.09 Å². The molecule has 2 heterocycles. The van der Waals surface area contributed by atoms with Gasteiger partial charge in [-0.3, -0.25) is 5.32 Å². The second-order valence-corrected chi connectivity index (χ2v) is 7.23. The minimum Gasteiger partial charge on any atom is -0.388 e. The SMILES string of the molecule is O=C(Nc1ccc(Cl)cc1)ON1CCC2(CC1)CC(c1ccccc1)=NO2. The van der Waals surface area contributed by atoms with E-state index in [4.69, 9.17) is 21.3 Å². The minimum atomic E-state index is -0.512. The molecule has 1 fully saturated rings. The van der Waals surface area contributed by atoms with E-state index in [2.05, 4.69) is 10.5 Å². The number of halogens is 1. The Morgan fingerprint density at radius 1 is 1.11 bits per heavy atom. The molecule has 1 amide bonds. The third kappa shape index (κ3) is 4.23. The summed E-state index contributed by atoms with van der Waals surface area (Å²) < 4.78 is 0.